The summed E-state index contributed by atoms with van der Waals surface area (Å²) in [5, 5.41) is 3.93. The smallest absolute Gasteiger partial charge is 0.246 e. The molecule has 3 atom stereocenters. The highest BCUT2D eigenvalue weighted by Gasteiger charge is 2.49. The number of methoxy groups -OCH3 is 1. The van der Waals surface area contributed by atoms with Crippen molar-refractivity contribution in [3.8, 4) is 5.75 Å². The zero-order valence-electron chi connectivity index (χ0n) is 17.4. The minimum absolute atomic E-state index is 0.0887. The number of benzene rings is 2. The summed E-state index contributed by atoms with van der Waals surface area (Å²) in [5.41, 5.74) is 11.0. The number of nitrogens with zero attached hydrogens (tertiary/aromatic N) is 5. The van der Waals surface area contributed by atoms with E-state index in [4.69, 9.17) is 10.3 Å². The molecule has 0 unspecified atom stereocenters. The standard InChI is InChI=1S/C23H25N5O3/c1-31-18-12-10-17(11-13-18)15-28-21-19(25-26-24)8-5-9-20(22(28)29)27(23(21)30)14-16-6-3-2-4-7-16/h2-4,6-7,10-13,19-21H,5,8-9,14-15H2,1H3/t19-,20+,21+/m0/s1. The van der Waals surface area contributed by atoms with Gasteiger partial charge in [-0.25, -0.2) is 0 Å². The minimum Gasteiger partial charge on any atom is -0.497 e. The van der Waals surface area contributed by atoms with Crippen LogP contribution in [0, 0.1) is 0 Å². The van der Waals surface area contributed by atoms with E-state index in [1.165, 1.54) is 0 Å². The monoisotopic (exact) mass is 419 g/mol. The van der Waals surface area contributed by atoms with Gasteiger partial charge in [-0.2, -0.15) is 0 Å². The van der Waals surface area contributed by atoms with Crippen molar-refractivity contribution in [2.75, 3.05) is 7.11 Å². The molecule has 2 aromatic rings. The lowest BCUT2D eigenvalue weighted by molar-refractivity contribution is -0.166. The van der Waals surface area contributed by atoms with E-state index in [-0.39, 0.29) is 18.4 Å². The van der Waals surface area contributed by atoms with Crippen molar-refractivity contribution in [2.45, 2.75) is 50.5 Å². The molecule has 31 heavy (non-hydrogen) atoms. The second-order valence-electron chi connectivity index (χ2n) is 7.93. The quantitative estimate of drug-likeness (QED) is 0.406. The average Bonchev–Trinajstić information content (AvgIpc) is 2.79. The lowest BCUT2D eigenvalue weighted by Crippen LogP contribution is -2.67. The molecule has 2 amide bonds. The summed E-state index contributed by atoms with van der Waals surface area (Å²) in [7, 11) is 1.60. The van der Waals surface area contributed by atoms with Crippen molar-refractivity contribution >= 4 is 11.8 Å². The molecule has 3 aliphatic heterocycles. The minimum atomic E-state index is -0.800. The molecule has 0 saturated carbocycles. The first-order valence-corrected chi connectivity index (χ1v) is 10.4. The first-order valence-electron chi connectivity index (χ1n) is 10.4. The number of hydrogen-bond donors (Lipinski definition) is 0. The molecule has 0 spiro atoms. The highest BCUT2D eigenvalue weighted by molar-refractivity contribution is 5.97. The van der Waals surface area contributed by atoms with Crippen LogP contribution in [-0.2, 0) is 22.7 Å². The van der Waals surface area contributed by atoms with Crippen LogP contribution < -0.4 is 4.74 Å². The topological polar surface area (TPSA) is 98.6 Å². The molecule has 8 nitrogen and oxygen atoms in total. The maximum Gasteiger partial charge on any atom is 0.246 e. The second kappa shape index (κ2) is 9.10. The maximum absolute atomic E-state index is 13.6. The third kappa shape index (κ3) is 4.20. The molecule has 2 bridgehead atoms. The summed E-state index contributed by atoms with van der Waals surface area (Å²) in [6.07, 6.45) is 1.87. The summed E-state index contributed by atoms with van der Waals surface area (Å²) >= 11 is 0. The van der Waals surface area contributed by atoms with Gasteiger partial charge < -0.3 is 14.5 Å². The number of ether oxygens (including phenoxy) is 1. The Morgan fingerprint density at radius 3 is 2.32 bits per heavy atom. The van der Waals surface area contributed by atoms with Gasteiger partial charge >= 0.3 is 0 Å². The third-order valence-corrected chi connectivity index (χ3v) is 6.07. The SMILES string of the molecule is COc1ccc(CN2C(=O)[C@H]3CCC[C@H](N=[N+]=[N-])[C@@H]2C(=O)N3Cc2ccccc2)cc1. The van der Waals surface area contributed by atoms with E-state index in [2.05, 4.69) is 10.0 Å². The summed E-state index contributed by atoms with van der Waals surface area (Å²) in [5.74, 6) is 0.481. The van der Waals surface area contributed by atoms with Gasteiger partial charge in [-0.3, -0.25) is 9.59 Å². The molecule has 3 saturated heterocycles. The van der Waals surface area contributed by atoms with Crippen molar-refractivity contribution in [3.05, 3.63) is 76.2 Å². The third-order valence-electron chi connectivity index (χ3n) is 6.07. The molecule has 0 N–H and O–H groups in total. The Morgan fingerprint density at radius 2 is 1.65 bits per heavy atom. The van der Waals surface area contributed by atoms with Gasteiger partial charge in [-0.1, -0.05) is 54.0 Å². The average molecular weight is 419 g/mol. The molecule has 3 heterocycles. The van der Waals surface area contributed by atoms with Gasteiger partial charge in [0.25, 0.3) is 0 Å². The van der Waals surface area contributed by atoms with E-state index in [0.29, 0.717) is 19.4 Å². The van der Waals surface area contributed by atoms with Crippen molar-refractivity contribution in [2.24, 2.45) is 5.11 Å². The largest absolute Gasteiger partial charge is 0.497 e. The van der Waals surface area contributed by atoms with Gasteiger partial charge in [0.15, 0.2) is 0 Å². The zero-order chi connectivity index (χ0) is 21.8. The fourth-order valence-corrected chi connectivity index (χ4v) is 4.51. The fourth-order valence-electron chi connectivity index (χ4n) is 4.51. The van der Waals surface area contributed by atoms with Crippen LogP contribution in [0.4, 0.5) is 0 Å². The van der Waals surface area contributed by atoms with Crippen LogP contribution in [0.25, 0.3) is 10.4 Å². The number of carbonyl (C=O) groups is 2. The molecule has 5 rings (SSSR count). The number of piperazine rings is 1. The lowest BCUT2D eigenvalue weighted by Gasteiger charge is -2.48. The Labute approximate surface area is 181 Å². The Kier molecular flexibility index (Phi) is 6.09. The highest BCUT2D eigenvalue weighted by Crippen LogP contribution is 2.33. The van der Waals surface area contributed by atoms with Crippen LogP contribution in [0.2, 0.25) is 0 Å². The predicted molar refractivity (Wildman–Crippen MR) is 115 cm³/mol. The van der Waals surface area contributed by atoms with Gasteiger partial charge in [0.05, 0.1) is 13.2 Å². The first kappa shape index (κ1) is 20.8. The Morgan fingerprint density at radius 1 is 0.968 bits per heavy atom. The van der Waals surface area contributed by atoms with Gasteiger partial charge in [0.2, 0.25) is 11.8 Å². The van der Waals surface area contributed by atoms with Crippen LogP contribution in [0.5, 0.6) is 5.75 Å². The van der Waals surface area contributed by atoms with Gasteiger partial charge in [0.1, 0.15) is 17.8 Å². The molecule has 160 valence electrons. The van der Waals surface area contributed by atoms with Gasteiger partial charge in [-0.15, -0.1) is 0 Å². The zero-order valence-corrected chi connectivity index (χ0v) is 17.4. The Hall–Kier alpha value is -3.51. The van der Waals surface area contributed by atoms with Crippen LogP contribution in [0.15, 0.2) is 59.7 Å². The number of azide groups is 1. The van der Waals surface area contributed by atoms with Crippen molar-refractivity contribution < 1.29 is 14.3 Å². The van der Waals surface area contributed by atoms with Crippen LogP contribution >= 0.6 is 0 Å². The highest BCUT2D eigenvalue weighted by atomic mass is 16.5. The fraction of sp³-hybridized carbons (Fsp3) is 0.391. The van der Waals surface area contributed by atoms with Crippen LogP contribution in [0.1, 0.15) is 30.4 Å². The molecular weight excluding hydrogens is 394 g/mol. The molecule has 0 radical (unpaired) electrons. The van der Waals surface area contributed by atoms with Crippen molar-refractivity contribution in [1.82, 2.24) is 9.80 Å². The van der Waals surface area contributed by atoms with E-state index in [1.807, 2.05) is 54.6 Å². The van der Waals surface area contributed by atoms with E-state index in [1.54, 1.807) is 16.9 Å². The Bertz CT molecular complexity index is 988. The van der Waals surface area contributed by atoms with Crippen molar-refractivity contribution in [1.29, 1.82) is 0 Å². The lowest BCUT2D eigenvalue weighted by atomic mass is 9.88. The second-order valence-corrected chi connectivity index (χ2v) is 7.93. The molecule has 0 aliphatic carbocycles. The normalized spacial score (nSPS) is 23.2. The maximum atomic E-state index is 13.6. The number of carbonyl (C=O) groups excluding carboxylic acids is 2. The number of rotatable bonds is 6. The summed E-state index contributed by atoms with van der Waals surface area (Å²) < 4.78 is 5.21. The first-order chi connectivity index (χ1) is 15.1. The number of fused-ring (bicyclic) bond motifs is 5. The molecule has 3 fully saturated rings. The van der Waals surface area contributed by atoms with E-state index in [9.17, 15) is 9.59 Å². The molecular formula is C23H25N5O3. The van der Waals surface area contributed by atoms with E-state index < -0.39 is 18.1 Å². The molecule has 2 aromatic carbocycles. The van der Waals surface area contributed by atoms with E-state index in [0.717, 1.165) is 23.3 Å². The molecule has 3 aliphatic rings. The van der Waals surface area contributed by atoms with Crippen LogP contribution in [0.3, 0.4) is 0 Å². The molecule has 0 aromatic heterocycles. The van der Waals surface area contributed by atoms with Crippen molar-refractivity contribution in [3.63, 3.8) is 0 Å². The molecule has 8 heteroatoms. The predicted octanol–water partition coefficient (Wildman–Crippen LogP) is 3.67. The van der Waals surface area contributed by atoms with Gasteiger partial charge in [0, 0.05) is 18.0 Å². The summed E-state index contributed by atoms with van der Waals surface area (Å²) in [4.78, 5) is 33.4. The summed E-state index contributed by atoms with van der Waals surface area (Å²) in [6.45, 7) is 0.651. The van der Waals surface area contributed by atoms with Crippen LogP contribution in [-0.4, -0.2) is 46.8 Å². The van der Waals surface area contributed by atoms with E-state index >= 15 is 0 Å². The summed E-state index contributed by atoms with van der Waals surface area (Å²) in [6, 6.07) is 15.2. The number of hydrogen-bond acceptors (Lipinski definition) is 4. The Balaban J connectivity index is 1.68. The van der Waals surface area contributed by atoms with Gasteiger partial charge in [-0.05, 0) is 41.6 Å². The number of amides is 2.